The fraction of sp³-hybridized carbons (Fsp3) is 0.250. The summed E-state index contributed by atoms with van der Waals surface area (Å²) < 4.78 is 3.81. The van der Waals surface area contributed by atoms with Crippen LogP contribution in [0.1, 0.15) is 17.0 Å². The lowest BCUT2D eigenvalue weighted by Gasteiger charge is -2.10. The molecule has 1 N–H and O–H groups in total. The van der Waals surface area contributed by atoms with E-state index in [0.717, 1.165) is 31.6 Å². The van der Waals surface area contributed by atoms with Crippen molar-refractivity contribution in [2.24, 2.45) is 0 Å². The van der Waals surface area contributed by atoms with Crippen molar-refractivity contribution < 1.29 is 5.11 Å². The van der Waals surface area contributed by atoms with Gasteiger partial charge in [0, 0.05) is 10.0 Å². The Kier molecular flexibility index (Phi) is 3.70. The van der Waals surface area contributed by atoms with Crippen LogP contribution in [0.15, 0.2) is 27.1 Å². The largest absolute Gasteiger partial charge is 0.392 e. The van der Waals surface area contributed by atoms with Crippen LogP contribution in [0.25, 0.3) is 5.69 Å². The highest BCUT2D eigenvalue weighted by molar-refractivity contribution is 9.10. The van der Waals surface area contributed by atoms with E-state index in [0.29, 0.717) is 0 Å². The molecule has 90 valence electrons. The number of halogens is 2. The highest BCUT2D eigenvalue weighted by Gasteiger charge is 2.13. The molecule has 0 aliphatic carbocycles. The van der Waals surface area contributed by atoms with Crippen molar-refractivity contribution in [3.05, 3.63) is 44.1 Å². The van der Waals surface area contributed by atoms with Crippen LogP contribution >= 0.6 is 31.9 Å². The first-order valence-electron chi connectivity index (χ1n) is 5.16. The number of rotatable bonds is 2. The molecule has 0 radical (unpaired) electrons. The van der Waals surface area contributed by atoms with E-state index in [9.17, 15) is 5.11 Å². The molecule has 3 nitrogen and oxygen atoms in total. The molecule has 1 heterocycles. The molecule has 0 amide bonds. The van der Waals surface area contributed by atoms with Gasteiger partial charge < -0.3 is 5.11 Å². The third-order valence-corrected chi connectivity index (χ3v) is 4.29. The Morgan fingerprint density at radius 1 is 1.29 bits per heavy atom. The summed E-state index contributed by atoms with van der Waals surface area (Å²) in [4.78, 5) is 0. The molecule has 2 rings (SSSR count). The van der Waals surface area contributed by atoms with Crippen LogP contribution in [0.3, 0.4) is 0 Å². The number of aryl methyl sites for hydroxylation is 1. The maximum atomic E-state index is 9.37. The summed E-state index contributed by atoms with van der Waals surface area (Å²) in [5.74, 6) is 0. The third kappa shape index (κ3) is 2.32. The minimum atomic E-state index is -0.00141. The Bertz CT molecular complexity index is 564. The maximum absolute atomic E-state index is 9.37. The zero-order chi connectivity index (χ0) is 12.6. The minimum Gasteiger partial charge on any atom is -0.392 e. The van der Waals surface area contributed by atoms with Crippen molar-refractivity contribution in [3.63, 3.8) is 0 Å². The van der Waals surface area contributed by atoms with Gasteiger partial charge in [0.1, 0.15) is 0 Å². The number of benzene rings is 1. The molecule has 2 aromatic rings. The van der Waals surface area contributed by atoms with Gasteiger partial charge in [0.15, 0.2) is 0 Å². The average molecular weight is 360 g/mol. The predicted octanol–water partition coefficient (Wildman–Crippen LogP) is 3.51. The predicted molar refractivity (Wildman–Crippen MR) is 74.4 cm³/mol. The summed E-state index contributed by atoms with van der Waals surface area (Å²) in [6.45, 7) is 3.94. The Balaban J connectivity index is 2.67. The highest BCUT2D eigenvalue weighted by Crippen LogP contribution is 2.26. The van der Waals surface area contributed by atoms with Crippen molar-refractivity contribution in [1.82, 2.24) is 9.78 Å². The molecule has 1 aromatic heterocycles. The molecule has 0 saturated carbocycles. The summed E-state index contributed by atoms with van der Waals surface area (Å²) >= 11 is 6.94. The fourth-order valence-electron chi connectivity index (χ4n) is 1.73. The second-order valence-electron chi connectivity index (χ2n) is 3.83. The topological polar surface area (TPSA) is 38.0 Å². The minimum absolute atomic E-state index is 0.00141. The van der Waals surface area contributed by atoms with E-state index >= 15 is 0 Å². The van der Waals surface area contributed by atoms with Crippen LogP contribution in [-0.4, -0.2) is 14.9 Å². The number of aromatic nitrogens is 2. The molecular weight excluding hydrogens is 348 g/mol. The Labute approximate surface area is 117 Å². The number of aliphatic hydroxyl groups is 1. The van der Waals surface area contributed by atoms with E-state index in [2.05, 4.69) is 37.0 Å². The SMILES string of the molecule is Cc1nn(-c2cc(Br)ccc2CO)c(C)c1Br. The summed E-state index contributed by atoms with van der Waals surface area (Å²) in [5, 5.41) is 13.8. The van der Waals surface area contributed by atoms with Crippen LogP contribution in [0.4, 0.5) is 0 Å². The van der Waals surface area contributed by atoms with E-state index < -0.39 is 0 Å². The van der Waals surface area contributed by atoms with Crippen LogP contribution < -0.4 is 0 Å². The molecular formula is C12H12Br2N2O. The molecule has 0 bridgehead atoms. The summed E-state index contributed by atoms with van der Waals surface area (Å²) in [7, 11) is 0. The zero-order valence-corrected chi connectivity index (χ0v) is 12.7. The van der Waals surface area contributed by atoms with Gasteiger partial charge in [0.2, 0.25) is 0 Å². The van der Waals surface area contributed by atoms with E-state index in [1.54, 1.807) is 0 Å². The monoisotopic (exact) mass is 358 g/mol. The van der Waals surface area contributed by atoms with Crippen molar-refractivity contribution in [3.8, 4) is 5.69 Å². The quantitative estimate of drug-likeness (QED) is 0.890. The lowest BCUT2D eigenvalue weighted by Crippen LogP contribution is -2.03. The van der Waals surface area contributed by atoms with Gasteiger partial charge in [-0.2, -0.15) is 5.10 Å². The second kappa shape index (κ2) is 4.92. The standard InChI is InChI=1S/C12H12Br2N2O/c1-7-12(14)8(2)16(15-7)11-5-10(13)4-3-9(11)6-17/h3-5,17H,6H2,1-2H3. The Morgan fingerprint density at radius 3 is 2.53 bits per heavy atom. The number of aliphatic hydroxyl groups excluding tert-OH is 1. The lowest BCUT2D eigenvalue weighted by atomic mass is 10.2. The Hall–Kier alpha value is -0.650. The lowest BCUT2D eigenvalue weighted by molar-refractivity contribution is 0.281. The molecule has 0 aliphatic rings. The van der Waals surface area contributed by atoms with Crippen LogP contribution in [0.5, 0.6) is 0 Å². The van der Waals surface area contributed by atoms with E-state index in [1.165, 1.54) is 0 Å². The first-order valence-corrected chi connectivity index (χ1v) is 6.74. The van der Waals surface area contributed by atoms with Crippen molar-refractivity contribution in [1.29, 1.82) is 0 Å². The van der Waals surface area contributed by atoms with Gasteiger partial charge in [-0.25, -0.2) is 4.68 Å². The van der Waals surface area contributed by atoms with Crippen molar-refractivity contribution >= 4 is 31.9 Å². The second-order valence-corrected chi connectivity index (χ2v) is 5.54. The molecule has 1 aromatic carbocycles. The molecule has 0 aliphatic heterocycles. The van der Waals surface area contributed by atoms with E-state index in [-0.39, 0.29) is 6.61 Å². The zero-order valence-electron chi connectivity index (χ0n) is 9.54. The van der Waals surface area contributed by atoms with Crippen molar-refractivity contribution in [2.75, 3.05) is 0 Å². The number of nitrogens with zero attached hydrogens (tertiary/aromatic N) is 2. The van der Waals surface area contributed by atoms with Gasteiger partial charge in [-0.05, 0) is 41.9 Å². The molecule has 5 heteroatoms. The summed E-state index contributed by atoms with van der Waals surface area (Å²) in [5.41, 5.74) is 3.71. The van der Waals surface area contributed by atoms with E-state index in [4.69, 9.17) is 0 Å². The van der Waals surface area contributed by atoms with Gasteiger partial charge in [0.05, 0.1) is 28.2 Å². The highest BCUT2D eigenvalue weighted by atomic mass is 79.9. The van der Waals surface area contributed by atoms with Crippen molar-refractivity contribution in [2.45, 2.75) is 20.5 Å². The van der Waals surface area contributed by atoms with Gasteiger partial charge in [-0.15, -0.1) is 0 Å². The van der Waals surface area contributed by atoms with Crippen LogP contribution in [0.2, 0.25) is 0 Å². The molecule has 17 heavy (non-hydrogen) atoms. The van der Waals surface area contributed by atoms with Gasteiger partial charge >= 0.3 is 0 Å². The molecule has 0 spiro atoms. The molecule has 0 atom stereocenters. The smallest absolute Gasteiger partial charge is 0.0743 e. The first-order chi connectivity index (χ1) is 8.04. The average Bonchev–Trinajstić information content (AvgIpc) is 2.57. The third-order valence-electron chi connectivity index (χ3n) is 2.65. The first kappa shape index (κ1) is 12.8. The number of hydrogen-bond donors (Lipinski definition) is 1. The Morgan fingerprint density at radius 2 is 2.00 bits per heavy atom. The summed E-state index contributed by atoms with van der Waals surface area (Å²) in [6.07, 6.45) is 0. The van der Waals surface area contributed by atoms with Gasteiger partial charge in [-0.1, -0.05) is 22.0 Å². The number of hydrogen-bond acceptors (Lipinski definition) is 2. The van der Waals surface area contributed by atoms with E-state index in [1.807, 2.05) is 36.7 Å². The van der Waals surface area contributed by atoms with Gasteiger partial charge in [0.25, 0.3) is 0 Å². The molecule has 0 fully saturated rings. The summed E-state index contributed by atoms with van der Waals surface area (Å²) in [6, 6.07) is 5.76. The van der Waals surface area contributed by atoms with Gasteiger partial charge in [-0.3, -0.25) is 0 Å². The molecule has 0 saturated heterocycles. The normalized spacial score (nSPS) is 10.9. The maximum Gasteiger partial charge on any atom is 0.0743 e. The van der Waals surface area contributed by atoms with Crippen LogP contribution in [-0.2, 0) is 6.61 Å². The fourth-order valence-corrected chi connectivity index (χ4v) is 2.32. The molecule has 0 unspecified atom stereocenters. The van der Waals surface area contributed by atoms with Crippen LogP contribution in [0, 0.1) is 13.8 Å².